The fourth-order valence-corrected chi connectivity index (χ4v) is 8.29. The van der Waals surface area contributed by atoms with Gasteiger partial charge in [0.05, 0.1) is 10.00 Å². The molecule has 0 radical (unpaired) electrons. The molecule has 4 aliphatic rings. The Kier molecular flexibility index (Phi) is 3.18. The van der Waals surface area contributed by atoms with Crippen molar-refractivity contribution in [3.63, 3.8) is 0 Å². The summed E-state index contributed by atoms with van der Waals surface area (Å²) >= 11 is 4.13. The number of benzene rings is 1. The Labute approximate surface area is 140 Å². The predicted molar refractivity (Wildman–Crippen MR) is 93.1 cm³/mol. The van der Waals surface area contributed by atoms with Crippen LogP contribution >= 0.6 is 23.5 Å². The average Bonchev–Trinajstić information content (AvgIpc) is 2.52. The van der Waals surface area contributed by atoms with Gasteiger partial charge in [-0.05, 0) is 36.8 Å². The van der Waals surface area contributed by atoms with Crippen molar-refractivity contribution < 1.29 is 4.79 Å². The minimum atomic E-state index is 0.188. The lowest BCUT2D eigenvalue weighted by molar-refractivity contribution is -0.131. The number of hydrogen-bond donors (Lipinski definition) is 0. The molecule has 3 fully saturated rings. The van der Waals surface area contributed by atoms with Crippen LogP contribution in [0, 0.1) is 5.92 Å². The Bertz CT molecular complexity index is 627. The van der Waals surface area contributed by atoms with Crippen LogP contribution in [0.5, 0.6) is 0 Å². The van der Waals surface area contributed by atoms with E-state index in [0.29, 0.717) is 17.9 Å². The summed E-state index contributed by atoms with van der Waals surface area (Å²) < 4.78 is 0.188. The smallest absolute Gasteiger partial charge is 0.139 e. The van der Waals surface area contributed by atoms with E-state index in [4.69, 9.17) is 0 Å². The number of thioether (sulfide) groups is 2. The van der Waals surface area contributed by atoms with Crippen LogP contribution in [0.1, 0.15) is 42.9 Å². The van der Waals surface area contributed by atoms with Gasteiger partial charge in [-0.1, -0.05) is 24.3 Å². The van der Waals surface area contributed by atoms with Crippen LogP contribution in [0.15, 0.2) is 24.3 Å². The Morgan fingerprint density at radius 2 is 2.05 bits per heavy atom. The van der Waals surface area contributed by atoms with Gasteiger partial charge in [0.1, 0.15) is 5.78 Å². The zero-order valence-corrected chi connectivity index (χ0v) is 14.3. The average molecular weight is 332 g/mol. The Morgan fingerprint density at radius 1 is 1.18 bits per heavy atom. The highest BCUT2D eigenvalue weighted by Gasteiger charge is 2.60. The number of hydrogen-bond acceptors (Lipinski definition) is 4. The molecule has 2 nitrogen and oxygen atoms in total. The van der Waals surface area contributed by atoms with Gasteiger partial charge < -0.3 is 0 Å². The second-order valence-electron chi connectivity index (χ2n) is 7.03. The van der Waals surface area contributed by atoms with E-state index in [-0.39, 0.29) is 10.00 Å². The summed E-state index contributed by atoms with van der Waals surface area (Å²) in [6, 6.07) is 10.0. The van der Waals surface area contributed by atoms with Crippen LogP contribution in [0.2, 0.25) is 0 Å². The van der Waals surface area contributed by atoms with E-state index < -0.39 is 0 Å². The lowest BCUT2D eigenvalue weighted by atomic mass is 9.72. The summed E-state index contributed by atoms with van der Waals surface area (Å²) in [5.74, 6) is 0.833. The second-order valence-corrected chi connectivity index (χ2v) is 10.3. The molecule has 3 atom stereocenters. The maximum Gasteiger partial charge on any atom is 0.139 e. The maximum atomic E-state index is 12.7. The molecule has 0 bridgehead atoms. The van der Waals surface area contributed by atoms with Gasteiger partial charge in [0.15, 0.2) is 0 Å². The summed E-state index contributed by atoms with van der Waals surface area (Å²) in [6.45, 7) is 1.14. The zero-order chi connectivity index (χ0) is 14.7. The molecular formula is C18H21NOS2. The number of carbonyl (C=O) groups is 1. The monoisotopic (exact) mass is 331 g/mol. The molecule has 5 rings (SSSR count). The third-order valence-corrected chi connectivity index (χ3v) is 9.56. The van der Waals surface area contributed by atoms with Crippen molar-refractivity contribution in [1.29, 1.82) is 0 Å². The number of fused-ring (bicyclic) bond motifs is 6. The minimum absolute atomic E-state index is 0.188. The Morgan fingerprint density at radius 3 is 2.86 bits per heavy atom. The van der Waals surface area contributed by atoms with Crippen LogP contribution in [-0.4, -0.2) is 32.4 Å². The quantitative estimate of drug-likeness (QED) is 0.719. The van der Waals surface area contributed by atoms with Crippen molar-refractivity contribution in [2.24, 2.45) is 5.92 Å². The van der Waals surface area contributed by atoms with E-state index in [1.165, 1.54) is 22.6 Å². The molecule has 1 spiro atoms. The van der Waals surface area contributed by atoms with Gasteiger partial charge in [0, 0.05) is 30.1 Å². The van der Waals surface area contributed by atoms with E-state index in [2.05, 4.69) is 52.7 Å². The molecule has 0 amide bonds. The maximum absolute atomic E-state index is 12.7. The SMILES string of the molecule is O=C1CCCC2C1C1(CC3c4ccccc4CCN32)SCS1. The van der Waals surface area contributed by atoms with Gasteiger partial charge in [0.25, 0.3) is 0 Å². The molecule has 1 aromatic carbocycles. The van der Waals surface area contributed by atoms with Crippen molar-refractivity contribution in [3.05, 3.63) is 35.4 Å². The highest BCUT2D eigenvalue weighted by Crippen LogP contribution is 2.65. The molecule has 22 heavy (non-hydrogen) atoms. The van der Waals surface area contributed by atoms with E-state index >= 15 is 0 Å². The van der Waals surface area contributed by atoms with Gasteiger partial charge in [-0.2, -0.15) is 0 Å². The molecule has 1 aromatic rings. The number of piperidine rings is 1. The second kappa shape index (κ2) is 5.02. The number of nitrogens with zero attached hydrogens (tertiary/aromatic N) is 1. The van der Waals surface area contributed by atoms with Crippen LogP contribution in [0.4, 0.5) is 0 Å². The van der Waals surface area contributed by atoms with E-state index in [9.17, 15) is 4.79 Å². The van der Waals surface area contributed by atoms with Crippen molar-refractivity contribution in [2.45, 2.75) is 48.3 Å². The number of Topliss-reactive ketones (excluding diaryl/α,β-unsaturated/α-hetero) is 1. The van der Waals surface area contributed by atoms with Gasteiger partial charge in [0.2, 0.25) is 0 Å². The third kappa shape index (κ3) is 1.83. The van der Waals surface area contributed by atoms with Crippen LogP contribution in [0.3, 0.4) is 0 Å². The molecule has 1 saturated carbocycles. The van der Waals surface area contributed by atoms with Crippen LogP contribution in [-0.2, 0) is 11.2 Å². The first-order chi connectivity index (χ1) is 10.8. The van der Waals surface area contributed by atoms with Crippen molar-refractivity contribution >= 4 is 29.3 Å². The number of rotatable bonds is 0. The first-order valence-corrected chi connectivity index (χ1v) is 10.4. The van der Waals surface area contributed by atoms with Crippen molar-refractivity contribution in [1.82, 2.24) is 4.90 Å². The standard InChI is InChI=1S/C18H21NOS2/c20-16-7-3-6-14-17(16)18(21-11-22-18)10-15-13-5-2-1-4-12(13)8-9-19(14)15/h1-2,4-5,14-15,17H,3,6-11H2. The lowest BCUT2D eigenvalue weighted by Crippen LogP contribution is -2.63. The topological polar surface area (TPSA) is 20.3 Å². The van der Waals surface area contributed by atoms with Crippen LogP contribution < -0.4 is 0 Å². The van der Waals surface area contributed by atoms with E-state index in [1.807, 2.05) is 0 Å². The summed E-state index contributed by atoms with van der Waals surface area (Å²) in [5.41, 5.74) is 3.08. The van der Waals surface area contributed by atoms with Gasteiger partial charge in [-0.15, -0.1) is 23.5 Å². The molecule has 3 aliphatic heterocycles. The normalized spacial score (nSPS) is 36.2. The predicted octanol–water partition coefficient (Wildman–Crippen LogP) is 3.86. The molecule has 3 unspecified atom stereocenters. The van der Waals surface area contributed by atoms with Gasteiger partial charge >= 0.3 is 0 Å². The van der Waals surface area contributed by atoms with Crippen molar-refractivity contribution in [2.75, 3.05) is 11.6 Å². The van der Waals surface area contributed by atoms with E-state index in [0.717, 1.165) is 32.2 Å². The highest BCUT2D eigenvalue weighted by molar-refractivity contribution is 8.33. The summed E-state index contributed by atoms with van der Waals surface area (Å²) in [7, 11) is 0. The minimum Gasteiger partial charge on any atom is -0.299 e. The Hall–Kier alpha value is -0.450. The Balaban J connectivity index is 1.59. The molecule has 1 aliphatic carbocycles. The first kappa shape index (κ1) is 13.9. The summed E-state index contributed by atoms with van der Waals surface area (Å²) in [4.78, 5) is 15.4. The number of ketones is 1. The molecule has 3 heterocycles. The largest absolute Gasteiger partial charge is 0.299 e. The molecular weight excluding hydrogens is 310 g/mol. The molecule has 116 valence electrons. The molecule has 0 aromatic heterocycles. The van der Waals surface area contributed by atoms with Gasteiger partial charge in [-0.3, -0.25) is 9.69 Å². The first-order valence-electron chi connectivity index (χ1n) is 8.43. The third-order valence-electron chi connectivity index (χ3n) is 6.09. The molecule has 2 saturated heterocycles. The van der Waals surface area contributed by atoms with Crippen molar-refractivity contribution in [3.8, 4) is 0 Å². The fourth-order valence-electron chi connectivity index (χ4n) is 5.12. The molecule has 4 heteroatoms. The molecule has 0 N–H and O–H groups in total. The number of carbonyl (C=O) groups excluding carboxylic acids is 1. The fraction of sp³-hybridized carbons (Fsp3) is 0.611. The lowest BCUT2D eigenvalue weighted by Gasteiger charge is -2.60. The zero-order valence-electron chi connectivity index (χ0n) is 12.7. The van der Waals surface area contributed by atoms with Gasteiger partial charge in [-0.25, -0.2) is 0 Å². The van der Waals surface area contributed by atoms with E-state index in [1.54, 1.807) is 0 Å². The summed E-state index contributed by atoms with van der Waals surface area (Å²) in [5, 5.41) is 1.17. The summed E-state index contributed by atoms with van der Waals surface area (Å²) in [6.07, 6.45) is 5.44. The van der Waals surface area contributed by atoms with Crippen LogP contribution in [0.25, 0.3) is 0 Å². The highest BCUT2D eigenvalue weighted by atomic mass is 32.3.